The molecule has 1 unspecified atom stereocenters. The lowest BCUT2D eigenvalue weighted by Crippen LogP contribution is -2.37. The summed E-state index contributed by atoms with van der Waals surface area (Å²) in [6.45, 7) is 1.85. The first-order chi connectivity index (χ1) is 7.90. The molecule has 0 fully saturated rings. The number of hydrogen-bond donors (Lipinski definition) is 3. The van der Waals surface area contributed by atoms with Gasteiger partial charge in [-0.3, -0.25) is 9.59 Å². The van der Waals surface area contributed by atoms with Crippen molar-refractivity contribution < 1.29 is 14.7 Å². The first kappa shape index (κ1) is 13.6. The standard InChI is InChI=1S/C10H12BrN3O3/c1-5-2-8(13-4-6(5)11)14-10(17)7(12)3-9(15)16/h2,4,7H,3,12H2,1H3,(H,15,16)(H,13,14,17). The van der Waals surface area contributed by atoms with Crippen LogP contribution in [0.5, 0.6) is 0 Å². The van der Waals surface area contributed by atoms with E-state index in [1.54, 1.807) is 12.3 Å². The van der Waals surface area contributed by atoms with E-state index in [4.69, 9.17) is 10.8 Å². The predicted molar refractivity (Wildman–Crippen MR) is 65.5 cm³/mol. The molecule has 1 amide bonds. The Morgan fingerprint density at radius 1 is 1.65 bits per heavy atom. The van der Waals surface area contributed by atoms with Crippen LogP contribution in [0.3, 0.4) is 0 Å². The van der Waals surface area contributed by atoms with Crippen LogP contribution in [0.25, 0.3) is 0 Å². The number of nitrogens with zero attached hydrogens (tertiary/aromatic N) is 1. The van der Waals surface area contributed by atoms with Crippen LogP contribution in [0.4, 0.5) is 5.82 Å². The molecule has 0 saturated heterocycles. The summed E-state index contributed by atoms with van der Waals surface area (Å²) in [4.78, 5) is 25.8. The molecule has 0 aliphatic rings. The van der Waals surface area contributed by atoms with E-state index in [0.29, 0.717) is 5.82 Å². The molecule has 1 aromatic heterocycles. The van der Waals surface area contributed by atoms with Gasteiger partial charge in [-0.05, 0) is 34.5 Å². The number of rotatable bonds is 4. The summed E-state index contributed by atoms with van der Waals surface area (Å²) < 4.78 is 0.824. The third-order valence-corrected chi connectivity index (χ3v) is 2.86. The average molecular weight is 302 g/mol. The highest BCUT2D eigenvalue weighted by molar-refractivity contribution is 9.10. The van der Waals surface area contributed by atoms with Crippen molar-refractivity contribution in [2.24, 2.45) is 5.73 Å². The zero-order valence-corrected chi connectivity index (χ0v) is 10.7. The quantitative estimate of drug-likeness (QED) is 0.766. The molecule has 92 valence electrons. The minimum Gasteiger partial charge on any atom is -0.481 e. The van der Waals surface area contributed by atoms with Gasteiger partial charge in [0.25, 0.3) is 0 Å². The monoisotopic (exact) mass is 301 g/mol. The first-order valence-corrected chi connectivity index (χ1v) is 5.60. The molecule has 0 aliphatic carbocycles. The fourth-order valence-corrected chi connectivity index (χ4v) is 1.32. The van der Waals surface area contributed by atoms with E-state index in [1.165, 1.54) is 0 Å². The SMILES string of the molecule is Cc1cc(NC(=O)C(N)CC(=O)O)ncc1Br. The predicted octanol–water partition coefficient (Wildman–Crippen LogP) is 0.893. The molecule has 0 spiro atoms. The summed E-state index contributed by atoms with van der Waals surface area (Å²) in [5, 5.41) is 11.0. The second-order valence-corrected chi connectivity index (χ2v) is 4.37. The number of anilines is 1. The van der Waals surface area contributed by atoms with Crippen molar-refractivity contribution in [3.8, 4) is 0 Å². The van der Waals surface area contributed by atoms with Gasteiger partial charge in [0.2, 0.25) is 5.91 Å². The third kappa shape index (κ3) is 4.12. The zero-order valence-electron chi connectivity index (χ0n) is 9.11. The Kier molecular flexibility index (Phi) is 4.59. The van der Waals surface area contributed by atoms with Crippen LogP contribution in [0.2, 0.25) is 0 Å². The molecule has 0 aromatic carbocycles. The number of halogens is 1. The number of carboxylic acids is 1. The molecule has 1 atom stereocenters. The molecule has 6 nitrogen and oxygen atoms in total. The van der Waals surface area contributed by atoms with Gasteiger partial charge in [-0.1, -0.05) is 0 Å². The van der Waals surface area contributed by atoms with Gasteiger partial charge in [0.15, 0.2) is 0 Å². The molecule has 0 saturated carbocycles. The maximum absolute atomic E-state index is 11.5. The molecule has 1 rings (SSSR count). The van der Waals surface area contributed by atoms with Crippen LogP contribution >= 0.6 is 15.9 Å². The van der Waals surface area contributed by atoms with Gasteiger partial charge >= 0.3 is 5.97 Å². The van der Waals surface area contributed by atoms with Crippen molar-refractivity contribution in [1.82, 2.24) is 4.98 Å². The maximum atomic E-state index is 11.5. The number of aromatic nitrogens is 1. The van der Waals surface area contributed by atoms with Crippen molar-refractivity contribution in [3.63, 3.8) is 0 Å². The molecule has 4 N–H and O–H groups in total. The highest BCUT2D eigenvalue weighted by Crippen LogP contribution is 2.17. The van der Waals surface area contributed by atoms with Gasteiger partial charge in [0.1, 0.15) is 5.82 Å². The Hall–Kier alpha value is -1.47. The van der Waals surface area contributed by atoms with Crippen LogP contribution in [-0.2, 0) is 9.59 Å². The molecule has 1 heterocycles. The van der Waals surface area contributed by atoms with Gasteiger partial charge in [-0.2, -0.15) is 0 Å². The minimum absolute atomic E-state index is 0.344. The number of nitrogens with one attached hydrogen (secondary N) is 1. The van der Waals surface area contributed by atoms with Gasteiger partial charge in [-0.15, -0.1) is 0 Å². The van der Waals surface area contributed by atoms with Crippen molar-refractivity contribution in [2.45, 2.75) is 19.4 Å². The van der Waals surface area contributed by atoms with E-state index in [1.807, 2.05) is 6.92 Å². The van der Waals surface area contributed by atoms with E-state index in [0.717, 1.165) is 10.0 Å². The van der Waals surface area contributed by atoms with Crippen LogP contribution < -0.4 is 11.1 Å². The number of pyridine rings is 1. The smallest absolute Gasteiger partial charge is 0.305 e. The number of carboxylic acid groups (broad SMARTS) is 1. The normalized spacial score (nSPS) is 11.9. The first-order valence-electron chi connectivity index (χ1n) is 4.80. The van der Waals surface area contributed by atoms with Crippen LogP contribution in [-0.4, -0.2) is 28.0 Å². The number of aliphatic carboxylic acids is 1. The Bertz CT molecular complexity index is 450. The number of carbonyl (C=O) groups is 2. The maximum Gasteiger partial charge on any atom is 0.305 e. The summed E-state index contributed by atoms with van der Waals surface area (Å²) in [7, 11) is 0. The molecule has 0 bridgehead atoms. The summed E-state index contributed by atoms with van der Waals surface area (Å²) >= 11 is 3.28. The molecule has 0 radical (unpaired) electrons. The Balaban J connectivity index is 2.67. The lowest BCUT2D eigenvalue weighted by Gasteiger charge is -2.10. The van der Waals surface area contributed by atoms with E-state index in [9.17, 15) is 9.59 Å². The highest BCUT2D eigenvalue weighted by Gasteiger charge is 2.17. The molecule has 1 aromatic rings. The number of carbonyl (C=O) groups excluding carboxylic acids is 1. The van der Waals surface area contributed by atoms with Gasteiger partial charge in [0.05, 0.1) is 12.5 Å². The molecular weight excluding hydrogens is 290 g/mol. The lowest BCUT2D eigenvalue weighted by atomic mass is 10.2. The number of amides is 1. The number of nitrogens with two attached hydrogens (primary N) is 1. The number of aryl methyl sites for hydroxylation is 1. The van der Waals surface area contributed by atoms with Gasteiger partial charge < -0.3 is 16.2 Å². The summed E-state index contributed by atoms with van der Waals surface area (Å²) in [5.74, 6) is -1.34. The van der Waals surface area contributed by atoms with Crippen molar-refractivity contribution in [2.75, 3.05) is 5.32 Å². The second kappa shape index (κ2) is 5.74. The van der Waals surface area contributed by atoms with E-state index < -0.39 is 24.3 Å². The molecular formula is C10H12BrN3O3. The Morgan fingerprint density at radius 3 is 2.82 bits per heavy atom. The van der Waals surface area contributed by atoms with Crippen molar-refractivity contribution in [1.29, 1.82) is 0 Å². The average Bonchev–Trinajstić information content (AvgIpc) is 2.22. The van der Waals surface area contributed by atoms with Crippen LogP contribution in [0.15, 0.2) is 16.7 Å². The fraction of sp³-hybridized carbons (Fsp3) is 0.300. The fourth-order valence-electron chi connectivity index (χ4n) is 1.11. The lowest BCUT2D eigenvalue weighted by molar-refractivity contribution is -0.138. The minimum atomic E-state index is -1.12. The molecule has 17 heavy (non-hydrogen) atoms. The van der Waals surface area contributed by atoms with Gasteiger partial charge in [-0.25, -0.2) is 4.98 Å². The van der Waals surface area contributed by atoms with E-state index >= 15 is 0 Å². The summed E-state index contributed by atoms with van der Waals surface area (Å²) in [6, 6.07) is 0.577. The van der Waals surface area contributed by atoms with E-state index in [2.05, 4.69) is 26.2 Å². The Morgan fingerprint density at radius 2 is 2.29 bits per heavy atom. The highest BCUT2D eigenvalue weighted by atomic mass is 79.9. The summed E-state index contributed by atoms with van der Waals surface area (Å²) in [5.41, 5.74) is 6.31. The van der Waals surface area contributed by atoms with E-state index in [-0.39, 0.29) is 0 Å². The topological polar surface area (TPSA) is 105 Å². The van der Waals surface area contributed by atoms with Gasteiger partial charge in [0, 0.05) is 10.7 Å². The second-order valence-electron chi connectivity index (χ2n) is 3.51. The van der Waals surface area contributed by atoms with Crippen molar-refractivity contribution in [3.05, 3.63) is 22.3 Å². The van der Waals surface area contributed by atoms with Crippen LogP contribution in [0, 0.1) is 6.92 Å². The Labute approximate surface area is 106 Å². The van der Waals surface area contributed by atoms with Crippen molar-refractivity contribution >= 4 is 33.6 Å². The number of hydrogen-bond acceptors (Lipinski definition) is 4. The largest absolute Gasteiger partial charge is 0.481 e. The third-order valence-electron chi connectivity index (χ3n) is 2.03. The molecule has 7 heteroatoms. The van der Waals surface area contributed by atoms with Crippen LogP contribution in [0.1, 0.15) is 12.0 Å². The zero-order chi connectivity index (χ0) is 13.0. The summed E-state index contributed by atoms with van der Waals surface area (Å²) in [6.07, 6.45) is 1.13. The molecule has 0 aliphatic heterocycles.